The highest BCUT2D eigenvalue weighted by atomic mass is 19.4. The molecule has 0 radical (unpaired) electrons. The van der Waals surface area contributed by atoms with E-state index < -0.39 is 11.7 Å². The molecule has 0 aliphatic carbocycles. The Bertz CT molecular complexity index is 560. The van der Waals surface area contributed by atoms with Crippen LogP contribution in [0.2, 0.25) is 0 Å². The van der Waals surface area contributed by atoms with Crippen LogP contribution in [-0.4, -0.2) is 17.2 Å². The van der Waals surface area contributed by atoms with Gasteiger partial charge in [0.1, 0.15) is 0 Å². The van der Waals surface area contributed by atoms with E-state index in [1.807, 2.05) is 6.92 Å². The van der Waals surface area contributed by atoms with Gasteiger partial charge in [-0.25, -0.2) is 0 Å². The molecule has 6 heteroatoms. The molecule has 0 spiro atoms. The van der Waals surface area contributed by atoms with Crippen LogP contribution >= 0.6 is 0 Å². The van der Waals surface area contributed by atoms with Crippen LogP contribution in [0.1, 0.15) is 24.2 Å². The molecule has 2 aromatic rings. The van der Waals surface area contributed by atoms with Crippen molar-refractivity contribution in [3.63, 3.8) is 0 Å². The lowest BCUT2D eigenvalue weighted by Gasteiger charge is -2.07. The normalized spacial score (nSPS) is 13.5. The zero-order chi connectivity index (χ0) is 14.0. The first-order chi connectivity index (χ1) is 8.91. The van der Waals surface area contributed by atoms with E-state index in [4.69, 9.17) is 0 Å². The van der Waals surface area contributed by atoms with Gasteiger partial charge in [0, 0.05) is 11.6 Å². The number of aromatic nitrogens is 2. The predicted molar refractivity (Wildman–Crippen MR) is 66.5 cm³/mol. The second kappa shape index (κ2) is 5.05. The van der Waals surface area contributed by atoms with Gasteiger partial charge in [-0.1, -0.05) is 12.1 Å². The quantitative estimate of drug-likeness (QED) is 0.896. The molecule has 1 heterocycles. The molecule has 1 aromatic heterocycles. The molecule has 1 atom stereocenters. The number of halogens is 3. The zero-order valence-corrected chi connectivity index (χ0v) is 10.5. The average Bonchev–Trinajstić information content (AvgIpc) is 2.86. The van der Waals surface area contributed by atoms with E-state index in [-0.39, 0.29) is 6.04 Å². The molecular weight excluding hydrogens is 255 g/mol. The standard InChI is InChI=1S/C13H14F3N3/c1-8(17-2)11-7-12(19-18-11)9-4-3-5-10(6-9)13(14,15)16/h3-8,17H,1-2H3,(H,18,19). The summed E-state index contributed by atoms with van der Waals surface area (Å²) >= 11 is 0. The maximum Gasteiger partial charge on any atom is 0.416 e. The van der Waals surface area contributed by atoms with Crippen molar-refractivity contribution >= 4 is 0 Å². The summed E-state index contributed by atoms with van der Waals surface area (Å²) in [4.78, 5) is 0. The van der Waals surface area contributed by atoms with Crippen LogP contribution < -0.4 is 5.32 Å². The molecule has 102 valence electrons. The number of H-pyrrole nitrogens is 1. The summed E-state index contributed by atoms with van der Waals surface area (Å²) in [6, 6.07) is 6.95. The van der Waals surface area contributed by atoms with E-state index in [2.05, 4.69) is 15.5 Å². The molecular formula is C13H14F3N3. The molecule has 1 aromatic carbocycles. The highest BCUT2D eigenvalue weighted by Gasteiger charge is 2.30. The average molecular weight is 269 g/mol. The van der Waals surface area contributed by atoms with Crippen LogP contribution in [0, 0.1) is 0 Å². The van der Waals surface area contributed by atoms with Gasteiger partial charge in [-0.3, -0.25) is 5.10 Å². The predicted octanol–water partition coefficient (Wildman–Crippen LogP) is 3.38. The van der Waals surface area contributed by atoms with Gasteiger partial charge in [0.05, 0.1) is 17.0 Å². The minimum absolute atomic E-state index is 0.0621. The van der Waals surface area contributed by atoms with Crippen LogP contribution in [0.3, 0.4) is 0 Å². The van der Waals surface area contributed by atoms with Crippen LogP contribution in [0.4, 0.5) is 13.2 Å². The number of benzene rings is 1. The maximum absolute atomic E-state index is 12.6. The molecule has 0 amide bonds. The van der Waals surface area contributed by atoms with Crippen molar-refractivity contribution in [2.24, 2.45) is 0 Å². The van der Waals surface area contributed by atoms with E-state index in [0.29, 0.717) is 11.3 Å². The van der Waals surface area contributed by atoms with Crippen molar-refractivity contribution in [2.75, 3.05) is 7.05 Å². The second-order valence-corrected chi connectivity index (χ2v) is 4.30. The lowest BCUT2D eigenvalue weighted by molar-refractivity contribution is -0.137. The van der Waals surface area contributed by atoms with E-state index in [9.17, 15) is 13.2 Å². The van der Waals surface area contributed by atoms with E-state index in [1.165, 1.54) is 6.07 Å². The Labute approximate surface area is 108 Å². The monoisotopic (exact) mass is 269 g/mol. The van der Waals surface area contributed by atoms with Crippen molar-refractivity contribution in [3.8, 4) is 11.3 Å². The van der Waals surface area contributed by atoms with Crippen molar-refractivity contribution < 1.29 is 13.2 Å². The van der Waals surface area contributed by atoms with Gasteiger partial charge in [0.2, 0.25) is 0 Å². The molecule has 0 saturated heterocycles. The first-order valence-corrected chi connectivity index (χ1v) is 5.82. The van der Waals surface area contributed by atoms with Crippen molar-refractivity contribution in [1.29, 1.82) is 0 Å². The first-order valence-electron chi connectivity index (χ1n) is 5.82. The van der Waals surface area contributed by atoms with Crippen molar-refractivity contribution in [2.45, 2.75) is 19.1 Å². The van der Waals surface area contributed by atoms with Gasteiger partial charge < -0.3 is 5.32 Å². The van der Waals surface area contributed by atoms with E-state index in [0.717, 1.165) is 17.8 Å². The van der Waals surface area contributed by atoms with Gasteiger partial charge in [-0.15, -0.1) is 0 Å². The minimum Gasteiger partial charge on any atom is -0.312 e. The fraction of sp³-hybridized carbons (Fsp3) is 0.308. The van der Waals surface area contributed by atoms with Crippen molar-refractivity contribution in [3.05, 3.63) is 41.6 Å². The molecule has 0 bridgehead atoms. The summed E-state index contributed by atoms with van der Waals surface area (Å²) in [6.07, 6.45) is -4.34. The number of hydrogen-bond acceptors (Lipinski definition) is 2. The topological polar surface area (TPSA) is 40.7 Å². The van der Waals surface area contributed by atoms with Gasteiger partial charge in [0.25, 0.3) is 0 Å². The van der Waals surface area contributed by atoms with Gasteiger partial charge in [-0.05, 0) is 32.2 Å². The van der Waals surface area contributed by atoms with Crippen LogP contribution in [0.15, 0.2) is 30.3 Å². The minimum atomic E-state index is -4.34. The molecule has 2 N–H and O–H groups in total. The lowest BCUT2D eigenvalue weighted by atomic mass is 10.1. The van der Waals surface area contributed by atoms with E-state index >= 15 is 0 Å². The Kier molecular flexibility index (Phi) is 3.61. The summed E-state index contributed by atoms with van der Waals surface area (Å²) in [7, 11) is 1.80. The third kappa shape index (κ3) is 2.96. The lowest BCUT2D eigenvalue weighted by Crippen LogP contribution is -2.12. The number of nitrogens with one attached hydrogen (secondary N) is 2. The number of hydrogen-bond donors (Lipinski definition) is 2. The Hall–Kier alpha value is -1.82. The van der Waals surface area contributed by atoms with Crippen LogP contribution in [0.5, 0.6) is 0 Å². The fourth-order valence-corrected chi connectivity index (χ4v) is 1.72. The fourth-order valence-electron chi connectivity index (χ4n) is 1.72. The zero-order valence-electron chi connectivity index (χ0n) is 10.5. The SMILES string of the molecule is CNC(C)c1cc(-c2cccc(C(F)(F)F)c2)n[nH]1. The van der Waals surface area contributed by atoms with Gasteiger partial charge in [-0.2, -0.15) is 18.3 Å². The number of aromatic amines is 1. The highest BCUT2D eigenvalue weighted by molar-refractivity contribution is 5.60. The van der Waals surface area contributed by atoms with E-state index in [1.54, 1.807) is 19.2 Å². The first kappa shape index (κ1) is 13.6. The third-order valence-electron chi connectivity index (χ3n) is 2.98. The highest BCUT2D eigenvalue weighted by Crippen LogP contribution is 2.32. The Morgan fingerprint density at radius 3 is 2.63 bits per heavy atom. The molecule has 0 aliphatic heterocycles. The summed E-state index contributed by atoms with van der Waals surface area (Å²) in [5.74, 6) is 0. The molecule has 3 nitrogen and oxygen atoms in total. The number of rotatable bonds is 3. The molecule has 0 aliphatic rings. The summed E-state index contributed by atoms with van der Waals surface area (Å²) in [5.41, 5.74) is 1.11. The van der Waals surface area contributed by atoms with Crippen LogP contribution in [-0.2, 0) is 6.18 Å². The molecule has 0 saturated carbocycles. The van der Waals surface area contributed by atoms with Gasteiger partial charge in [0.15, 0.2) is 0 Å². The Morgan fingerprint density at radius 2 is 2.00 bits per heavy atom. The van der Waals surface area contributed by atoms with Crippen molar-refractivity contribution in [1.82, 2.24) is 15.5 Å². The molecule has 0 fully saturated rings. The Balaban J connectivity index is 2.34. The third-order valence-corrected chi connectivity index (χ3v) is 2.98. The molecule has 2 rings (SSSR count). The molecule has 19 heavy (non-hydrogen) atoms. The number of alkyl halides is 3. The second-order valence-electron chi connectivity index (χ2n) is 4.30. The Morgan fingerprint density at radius 1 is 1.26 bits per heavy atom. The smallest absolute Gasteiger partial charge is 0.312 e. The maximum atomic E-state index is 12.6. The summed E-state index contributed by atoms with van der Waals surface area (Å²) in [6.45, 7) is 1.93. The summed E-state index contributed by atoms with van der Waals surface area (Å²) < 4.78 is 37.9. The number of nitrogens with zero attached hydrogens (tertiary/aromatic N) is 1. The molecule has 1 unspecified atom stereocenters. The summed E-state index contributed by atoms with van der Waals surface area (Å²) in [5, 5.41) is 9.90. The largest absolute Gasteiger partial charge is 0.416 e. The van der Waals surface area contributed by atoms with Crippen LogP contribution in [0.25, 0.3) is 11.3 Å². The van der Waals surface area contributed by atoms with Gasteiger partial charge >= 0.3 is 6.18 Å².